The number of aliphatic hydroxyl groups is 1. The number of aliphatic hydroxyl groups excluding tert-OH is 1. The van der Waals surface area contributed by atoms with Crippen molar-refractivity contribution < 1.29 is 14.7 Å². The van der Waals surface area contributed by atoms with E-state index in [9.17, 15) is 9.59 Å². The molecule has 3 aromatic rings. The Morgan fingerprint density at radius 2 is 2.18 bits per heavy atom. The van der Waals surface area contributed by atoms with Crippen molar-refractivity contribution in [2.45, 2.75) is 13.1 Å². The van der Waals surface area contributed by atoms with Gasteiger partial charge in [-0.05, 0) is 18.2 Å². The zero-order valence-electron chi connectivity index (χ0n) is 15.4. The van der Waals surface area contributed by atoms with Gasteiger partial charge in [0.25, 0.3) is 11.8 Å². The maximum Gasteiger partial charge on any atom is 0.270 e. The fourth-order valence-corrected chi connectivity index (χ4v) is 3.69. The zero-order chi connectivity index (χ0) is 19.8. The van der Waals surface area contributed by atoms with Crippen LogP contribution in [-0.4, -0.2) is 68.2 Å². The van der Waals surface area contributed by atoms with E-state index in [1.54, 1.807) is 28.8 Å². The van der Waals surface area contributed by atoms with E-state index in [1.807, 2.05) is 12.1 Å². The quantitative estimate of drug-likeness (QED) is 0.696. The number of hydrogen-bond acceptors (Lipinski definition) is 4. The van der Waals surface area contributed by atoms with Crippen LogP contribution in [0.5, 0.6) is 0 Å². The number of rotatable bonds is 4. The van der Waals surface area contributed by atoms with E-state index in [1.165, 1.54) is 11.1 Å². The van der Waals surface area contributed by atoms with Gasteiger partial charge in [0.05, 0.1) is 37.2 Å². The molecule has 0 bridgehead atoms. The largest absolute Gasteiger partial charge is 0.395 e. The maximum atomic E-state index is 13.0. The van der Waals surface area contributed by atoms with Gasteiger partial charge < -0.3 is 19.9 Å². The summed E-state index contributed by atoms with van der Waals surface area (Å²) in [5.74, 6) is -0.371. The Morgan fingerprint density at radius 1 is 1.36 bits per heavy atom. The molecule has 0 saturated carbocycles. The second-order valence-corrected chi connectivity index (χ2v) is 7.20. The van der Waals surface area contributed by atoms with Crippen LogP contribution in [0.15, 0.2) is 30.5 Å². The van der Waals surface area contributed by atoms with Gasteiger partial charge in [-0.25, -0.2) is 0 Å². The highest BCUT2D eigenvalue weighted by Gasteiger charge is 2.28. The summed E-state index contributed by atoms with van der Waals surface area (Å²) in [5.41, 5.74) is 2.41. The lowest BCUT2D eigenvalue weighted by atomic mass is 10.1. The lowest BCUT2D eigenvalue weighted by Gasteiger charge is -2.28. The molecule has 0 spiro atoms. The number of nitrogens with zero attached hydrogens (tertiary/aromatic N) is 4. The minimum absolute atomic E-state index is 0.112. The minimum Gasteiger partial charge on any atom is -0.395 e. The number of hydrogen-bond donors (Lipinski definition) is 2. The number of carbonyl (C=O) groups is 2. The Morgan fingerprint density at radius 3 is 2.93 bits per heavy atom. The third-order valence-electron chi connectivity index (χ3n) is 5.01. The minimum atomic E-state index is -0.220. The molecule has 2 amide bonds. The fraction of sp³-hybridized carbons (Fsp3) is 0.316. The number of H-pyrrole nitrogens is 1. The van der Waals surface area contributed by atoms with Crippen molar-refractivity contribution in [1.82, 2.24) is 24.6 Å². The number of aromatic nitrogens is 3. The SMILES string of the molecule is CN(CCO)C(=O)c1cnn2c1CN(C(=O)c1cc3c(Cl)cccc3[nH]1)CC2. The third kappa shape index (κ3) is 3.14. The van der Waals surface area contributed by atoms with Crippen LogP contribution in [0, 0.1) is 0 Å². The van der Waals surface area contributed by atoms with Gasteiger partial charge in [0.2, 0.25) is 0 Å². The highest BCUT2D eigenvalue weighted by Crippen LogP contribution is 2.26. The molecule has 8 nitrogen and oxygen atoms in total. The van der Waals surface area contributed by atoms with Gasteiger partial charge in [-0.2, -0.15) is 5.10 Å². The van der Waals surface area contributed by atoms with Crippen LogP contribution in [0.3, 0.4) is 0 Å². The fourth-order valence-electron chi connectivity index (χ4n) is 3.46. The number of benzene rings is 1. The highest BCUT2D eigenvalue weighted by atomic mass is 35.5. The molecule has 0 unspecified atom stereocenters. The van der Waals surface area contributed by atoms with Crippen LogP contribution in [0.1, 0.15) is 26.5 Å². The molecule has 1 aliphatic rings. The summed E-state index contributed by atoms with van der Waals surface area (Å²) < 4.78 is 1.76. The average molecular weight is 402 g/mol. The molecular weight excluding hydrogens is 382 g/mol. The van der Waals surface area contributed by atoms with E-state index in [2.05, 4.69) is 10.1 Å². The van der Waals surface area contributed by atoms with Crippen LogP contribution in [-0.2, 0) is 13.1 Å². The molecule has 0 fully saturated rings. The zero-order valence-corrected chi connectivity index (χ0v) is 16.1. The average Bonchev–Trinajstić information content (AvgIpc) is 3.31. The summed E-state index contributed by atoms with van der Waals surface area (Å²) in [6.07, 6.45) is 1.53. The monoisotopic (exact) mass is 401 g/mol. The Labute approximate surface area is 166 Å². The van der Waals surface area contributed by atoms with E-state index >= 15 is 0 Å². The summed E-state index contributed by atoms with van der Waals surface area (Å²) in [7, 11) is 1.63. The van der Waals surface area contributed by atoms with Crippen molar-refractivity contribution in [1.29, 1.82) is 0 Å². The molecule has 3 heterocycles. The third-order valence-corrected chi connectivity index (χ3v) is 5.34. The second-order valence-electron chi connectivity index (χ2n) is 6.79. The lowest BCUT2D eigenvalue weighted by Crippen LogP contribution is -2.39. The molecule has 4 rings (SSSR count). The maximum absolute atomic E-state index is 13.0. The van der Waals surface area contributed by atoms with E-state index in [4.69, 9.17) is 16.7 Å². The first kappa shape index (κ1) is 18.5. The normalized spacial score (nSPS) is 13.6. The predicted octanol–water partition coefficient (Wildman–Crippen LogP) is 1.74. The molecule has 0 radical (unpaired) electrons. The number of aromatic amines is 1. The Balaban J connectivity index is 1.59. The number of fused-ring (bicyclic) bond motifs is 2. The van der Waals surface area contributed by atoms with Gasteiger partial charge in [-0.1, -0.05) is 17.7 Å². The van der Waals surface area contributed by atoms with Crippen molar-refractivity contribution >= 4 is 34.3 Å². The van der Waals surface area contributed by atoms with Crippen LogP contribution in [0.2, 0.25) is 5.02 Å². The van der Waals surface area contributed by atoms with Gasteiger partial charge in [0.15, 0.2) is 0 Å². The van der Waals surface area contributed by atoms with E-state index < -0.39 is 0 Å². The molecule has 146 valence electrons. The molecule has 1 aromatic carbocycles. The Kier molecular flexibility index (Phi) is 4.82. The van der Waals surface area contributed by atoms with Crippen molar-refractivity contribution in [3.8, 4) is 0 Å². The molecule has 0 atom stereocenters. The molecule has 9 heteroatoms. The summed E-state index contributed by atoms with van der Waals surface area (Å²) >= 11 is 6.21. The Hall–Kier alpha value is -2.84. The lowest BCUT2D eigenvalue weighted by molar-refractivity contribution is 0.0689. The number of nitrogens with one attached hydrogen (secondary N) is 1. The molecule has 1 aliphatic heterocycles. The molecule has 2 N–H and O–H groups in total. The number of amides is 2. The van der Waals surface area contributed by atoms with Gasteiger partial charge >= 0.3 is 0 Å². The second kappa shape index (κ2) is 7.29. The molecule has 2 aromatic heterocycles. The Bertz CT molecular complexity index is 1060. The predicted molar refractivity (Wildman–Crippen MR) is 104 cm³/mol. The number of carbonyl (C=O) groups excluding carboxylic acids is 2. The van der Waals surface area contributed by atoms with Crippen molar-refractivity contribution in [3.05, 3.63) is 52.4 Å². The summed E-state index contributed by atoms with van der Waals surface area (Å²) in [6, 6.07) is 7.24. The number of halogens is 1. The molecule has 28 heavy (non-hydrogen) atoms. The van der Waals surface area contributed by atoms with Crippen LogP contribution < -0.4 is 0 Å². The van der Waals surface area contributed by atoms with Crippen molar-refractivity contribution in [2.75, 3.05) is 26.7 Å². The van der Waals surface area contributed by atoms with E-state index in [0.717, 1.165) is 10.9 Å². The van der Waals surface area contributed by atoms with Gasteiger partial charge in [-0.15, -0.1) is 0 Å². The first-order valence-electron chi connectivity index (χ1n) is 8.97. The topological polar surface area (TPSA) is 94.5 Å². The van der Waals surface area contributed by atoms with E-state index in [-0.39, 0.29) is 31.5 Å². The van der Waals surface area contributed by atoms with Crippen molar-refractivity contribution in [2.24, 2.45) is 0 Å². The highest BCUT2D eigenvalue weighted by molar-refractivity contribution is 6.35. The van der Waals surface area contributed by atoms with Crippen LogP contribution in [0.4, 0.5) is 0 Å². The van der Waals surface area contributed by atoms with Gasteiger partial charge in [0.1, 0.15) is 5.69 Å². The molecule has 0 saturated heterocycles. The summed E-state index contributed by atoms with van der Waals surface area (Å²) in [5, 5.41) is 14.7. The molecular formula is C19H20ClN5O3. The van der Waals surface area contributed by atoms with Crippen LogP contribution >= 0.6 is 11.6 Å². The summed E-state index contributed by atoms with van der Waals surface area (Å²) in [6.45, 7) is 1.42. The molecule has 0 aliphatic carbocycles. The smallest absolute Gasteiger partial charge is 0.270 e. The summed E-state index contributed by atoms with van der Waals surface area (Å²) in [4.78, 5) is 31.9. The van der Waals surface area contributed by atoms with Gasteiger partial charge in [-0.3, -0.25) is 14.3 Å². The van der Waals surface area contributed by atoms with E-state index in [0.29, 0.717) is 35.1 Å². The number of likely N-dealkylation sites (N-methyl/N-ethyl adjacent to an activating group) is 1. The van der Waals surface area contributed by atoms with Crippen molar-refractivity contribution in [3.63, 3.8) is 0 Å². The standard InChI is InChI=1S/C19H20ClN5O3/c1-23(7-8-26)18(27)13-10-21-25-6-5-24(11-17(13)25)19(28)16-9-12-14(20)3-2-4-15(12)22-16/h2-4,9-10,22,26H,5-8,11H2,1H3. The van der Waals surface area contributed by atoms with Gasteiger partial charge in [0, 0.05) is 36.1 Å². The van der Waals surface area contributed by atoms with Crippen LogP contribution in [0.25, 0.3) is 10.9 Å². The first-order valence-corrected chi connectivity index (χ1v) is 9.35. The first-order chi connectivity index (χ1) is 13.5.